The fourth-order valence-electron chi connectivity index (χ4n) is 1.73. The third kappa shape index (κ3) is 6.85. The summed E-state index contributed by atoms with van der Waals surface area (Å²) < 4.78 is 22.5. The van der Waals surface area contributed by atoms with Crippen LogP contribution < -0.4 is 0 Å². The maximum Gasteiger partial charge on any atom is 0.334 e. The molecule has 3 unspecified atom stereocenters. The Kier molecular flexibility index (Phi) is 7.40. The molecule has 0 amide bonds. The maximum atomic E-state index is 5.94. The van der Waals surface area contributed by atoms with Crippen LogP contribution in [0.2, 0.25) is 12.6 Å². The largest absolute Gasteiger partial charge is 0.395 e. The number of rotatable bonds is 11. The average Bonchev–Trinajstić information content (AvgIpc) is 3.16. The van der Waals surface area contributed by atoms with Crippen LogP contribution in [-0.4, -0.2) is 47.2 Å². The van der Waals surface area contributed by atoms with Crippen molar-refractivity contribution in [1.29, 1.82) is 0 Å². The molecule has 0 aromatic rings. The number of hydrogen-bond donors (Lipinski definition) is 0. The van der Waals surface area contributed by atoms with E-state index in [-0.39, 0.29) is 0 Å². The smallest absolute Gasteiger partial charge is 0.334 e. The molecule has 1 aliphatic rings. The Labute approximate surface area is 112 Å². The zero-order valence-electron chi connectivity index (χ0n) is 12.2. The number of hydrogen-bond acceptors (Lipinski definition) is 4. The highest BCUT2D eigenvalue weighted by Crippen LogP contribution is 2.15. The van der Waals surface area contributed by atoms with E-state index in [1.807, 2.05) is 6.92 Å². The van der Waals surface area contributed by atoms with Gasteiger partial charge in [-0.15, -0.1) is 0 Å². The summed E-state index contributed by atoms with van der Waals surface area (Å²) >= 11 is 0. The lowest BCUT2D eigenvalue weighted by molar-refractivity contribution is 0.0443. The predicted octanol–water partition coefficient (Wildman–Crippen LogP) is 2.72. The van der Waals surface area contributed by atoms with Gasteiger partial charge in [-0.1, -0.05) is 6.92 Å². The van der Waals surface area contributed by atoms with Crippen molar-refractivity contribution in [2.24, 2.45) is 0 Å². The molecule has 3 atom stereocenters. The van der Waals surface area contributed by atoms with Gasteiger partial charge in [0.05, 0.1) is 19.3 Å². The highest BCUT2D eigenvalue weighted by atomic mass is 28.4. The minimum atomic E-state index is -1.88. The third-order valence-electron chi connectivity index (χ3n) is 3.22. The van der Waals surface area contributed by atoms with E-state index in [4.69, 9.17) is 18.3 Å². The first kappa shape index (κ1) is 16.1. The second-order valence-corrected chi connectivity index (χ2v) is 8.56. The zero-order valence-corrected chi connectivity index (χ0v) is 13.2. The van der Waals surface area contributed by atoms with Crippen LogP contribution >= 0.6 is 0 Å². The van der Waals surface area contributed by atoms with Crippen LogP contribution in [0.15, 0.2) is 0 Å². The first-order valence-electron chi connectivity index (χ1n) is 7.10. The van der Waals surface area contributed by atoms with Crippen LogP contribution in [0, 0.1) is 0 Å². The molecule has 0 N–H and O–H groups in total. The normalized spacial score (nSPS) is 23.7. The molecule has 1 heterocycles. The minimum absolute atomic E-state index is 0.291. The Balaban J connectivity index is 2.01. The molecule has 4 nitrogen and oxygen atoms in total. The van der Waals surface area contributed by atoms with E-state index in [0.29, 0.717) is 12.2 Å². The molecular weight excluding hydrogens is 248 g/mol. The van der Waals surface area contributed by atoms with Crippen LogP contribution in [0.25, 0.3) is 0 Å². The summed E-state index contributed by atoms with van der Waals surface area (Å²) in [6, 6.07) is 1.01. The summed E-state index contributed by atoms with van der Waals surface area (Å²) in [5.74, 6) is 0. The SMILES string of the molecule is CCO[Si](C)(CC)OCCCC(C)OCC1CO1. The predicted molar refractivity (Wildman–Crippen MR) is 74.1 cm³/mol. The van der Waals surface area contributed by atoms with Gasteiger partial charge in [0.2, 0.25) is 0 Å². The first-order chi connectivity index (χ1) is 8.59. The number of epoxide rings is 1. The summed E-state index contributed by atoms with van der Waals surface area (Å²) in [5, 5.41) is 0. The summed E-state index contributed by atoms with van der Waals surface area (Å²) in [4.78, 5) is 0. The summed E-state index contributed by atoms with van der Waals surface area (Å²) in [6.45, 7) is 11.6. The van der Waals surface area contributed by atoms with Crippen molar-refractivity contribution >= 4 is 8.56 Å². The lowest BCUT2D eigenvalue weighted by Crippen LogP contribution is -2.38. The van der Waals surface area contributed by atoms with Gasteiger partial charge in [0.25, 0.3) is 0 Å². The molecule has 0 aromatic carbocycles. The fourth-order valence-corrected chi connectivity index (χ4v) is 3.41. The highest BCUT2D eigenvalue weighted by Gasteiger charge is 2.28. The van der Waals surface area contributed by atoms with Gasteiger partial charge in [-0.2, -0.15) is 0 Å². The Morgan fingerprint density at radius 3 is 2.61 bits per heavy atom. The maximum absolute atomic E-state index is 5.94. The van der Waals surface area contributed by atoms with Crippen molar-refractivity contribution in [3.05, 3.63) is 0 Å². The van der Waals surface area contributed by atoms with Crippen molar-refractivity contribution < 1.29 is 18.3 Å². The molecule has 0 saturated carbocycles. The van der Waals surface area contributed by atoms with Crippen LogP contribution in [0.3, 0.4) is 0 Å². The molecular formula is C13H28O4Si. The molecule has 0 aromatic heterocycles. The van der Waals surface area contributed by atoms with Crippen molar-refractivity contribution in [2.45, 2.75) is 58.4 Å². The summed E-state index contributed by atoms with van der Waals surface area (Å²) in [6.07, 6.45) is 2.71. The van der Waals surface area contributed by atoms with Gasteiger partial charge in [0.1, 0.15) is 6.10 Å². The van der Waals surface area contributed by atoms with E-state index < -0.39 is 8.56 Å². The molecule has 0 aliphatic carbocycles. The molecule has 1 fully saturated rings. The van der Waals surface area contributed by atoms with Crippen molar-refractivity contribution in [3.63, 3.8) is 0 Å². The second kappa shape index (κ2) is 8.27. The topological polar surface area (TPSA) is 40.2 Å². The van der Waals surface area contributed by atoms with Crippen molar-refractivity contribution in [2.75, 3.05) is 26.4 Å². The Morgan fingerprint density at radius 2 is 2.06 bits per heavy atom. The van der Waals surface area contributed by atoms with Gasteiger partial charge in [-0.05, 0) is 39.3 Å². The first-order valence-corrected chi connectivity index (χ1v) is 9.63. The van der Waals surface area contributed by atoms with E-state index in [9.17, 15) is 0 Å². The number of ether oxygens (including phenoxy) is 2. The van der Waals surface area contributed by atoms with Gasteiger partial charge in [0, 0.05) is 13.2 Å². The lowest BCUT2D eigenvalue weighted by Gasteiger charge is -2.25. The monoisotopic (exact) mass is 276 g/mol. The molecule has 18 heavy (non-hydrogen) atoms. The van der Waals surface area contributed by atoms with Crippen molar-refractivity contribution in [3.8, 4) is 0 Å². The van der Waals surface area contributed by atoms with Gasteiger partial charge < -0.3 is 18.3 Å². The average molecular weight is 276 g/mol. The zero-order chi connectivity index (χ0) is 13.4. The van der Waals surface area contributed by atoms with E-state index >= 15 is 0 Å². The van der Waals surface area contributed by atoms with E-state index in [2.05, 4.69) is 20.4 Å². The molecule has 0 spiro atoms. The summed E-state index contributed by atoms with van der Waals surface area (Å²) in [7, 11) is -1.88. The molecule has 108 valence electrons. The van der Waals surface area contributed by atoms with Crippen LogP contribution in [-0.2, 0) is 18.3 Å². The van der Waals surface area contributed by atoms with Gasteiger partial charge >= 0.3 is 8.56 Å². The molecule has 0 radical (unpaired) electrons. The molecule has 1 rings (SSSR count). The molecule has 5 heteroatoms. The Bertz CT molecular complexity index is 223. The van der Waals surface area contributed by atoms with Gasteiger partial charge in [-0.25, -0.2) is 0 Å². The Hall–Kier alpha value is 0.0569. The van der Waals surface area contributed by atoms with Crippen LogP contribution in [0.4, 0.5) is 0 Å². The van der Waals surface area contributed by atoms with E-state index in [1.165, 1.54) is 0 Å². The molecule has 1 aliphatic heterocycles. The molecule has 1 saturated heterocycles. The third-order valence-corrected chi connectivity index (χ3v) is 6.22. The van der Waals surface area contributed by atoms with E-state index in [1.54, 1.807) is 0 Å². The van der Waals surface area contributed by atoms with Gasteiger partial charge in [-0.3, -0.25) is 0 Å². The molecule has 0 bridgehead atoms. The quantitative estimate of drug-likeness (QED) is 0.330. The summed E-state index contributed by atoms with van der Waals surface area (Å²) in [5.41, 5.74) is 0. The lowest BCUT2D eigenvalue weighted by atomic mass is 10.2. The fraction of sp³-hybridized carbons (Fsp3) is 1.00. The van der Waals surface area contributed by atoms with Gasteiger partial charge in [0.15, 0.2) is 0 Å². The van der Waals surface area contributed by atoms with E-state index in [0.717, 1.165) is 45.3 Å². The van der Waals surface area contributed by atoms with Crippen LogP contribution in [0.1, 0.15) is 33.6 Å². The minimum Gasteiger partial charge on any atom is -0.395 e. The standard InChI is InChI=1S/C13H28O4Si/c1-5-16-18(4,6-2)17-9-7-8-12(3)14-10-13-11-15-13/h12-13H,5-11H2,1-4H3. The second-order valence-electron chi connectivity index (χ2n) is 5.01. The van der Waals surface area contributed by atoms with Crippen molar-refractivity contribution in [1.82, 2.24) is 0 Å². The Morgan fingerprint density at radius 1 is 1.33 bits per heavy atom. The van der Waals surface area contributed by atoms with Crippen LogP contribution in [0.5, 0.6) is 0 Å². The highest BCUT2D eigenvalue weighted by molar-refractivity contribution is 6.65.